The molecule has 0 atom stereocenters. The minimum atomic E-state index is -0.401. The molecule has 1 saturated heterocycles. The highest BCUT2D eigenvalue weighted by Gasteiger charge is 2.52. The molecule has 13 rings (SSSR count). The molecule has 8 heteroatoms. The number of benzene rings is 12. The van der Waals surface area contributed by atoms with E-state index in [0.717, 1.165) is 25.5 Å². The normalized spacial score (nSPS) is 13.8. The van der Waals surface area contributed by atoms with E-state index >= 15 is 0 Å². The zero-order valence-electron chi connectivity index (χ0n) is 43.9. The maximum absolute atomic E-state index is 12.6. The van der Waals surface area contributed by atoms with Gasteiger partial charge in [0, 0.05) is 3.57 Å². The predicted octanol–water partition coefficient (Wildman–Crippen LogP) is 17.0. The molecule has 0 spiro atoms. The SMILES string of the molecule is COC(=O)c1ccccc1-c1cc2c3ccccc3c3cc(C)ccc3c2c2ccccc12.COC(=O)c1ccccc1I.Cc1ccc2c(c1)c1ccccc1c1cc(B3OC(C)(C)C(C)(C)O3)c3ccccc3c21. The van der Waals surface area contributed by atoms with Crippen LogP contribution in [0.3, 0.4) is 0 Å². The Bertz CT molecular complexity index is 4300. The molecular weight excluding hydrogens is 1050 g/mol. The van der Waals surface area contributed by atoms with Gasteiger partial charge in [-0.15, -0.1) is 0 Å². The molecule has 1 aliphatic rings. The van der Waals surface area contributed by atoms with Crippen LogP contribution in [0, 0.1) is 17.4 Å². The van der Waals surface area contributed by atoms with E-state index in [9.17, 15) is 9.59 Å². The van der Waals surface area contributed by atoms with Crippen molar-refractivity contribution < 1.29 is 28.4 Å². The number of methoxy groups -OCH3 is 2. The summed E-state index contributed by atoms with van der Waals surface area (Å²) < 4.78 is 23.6. The number of fused-ring (bicyclic) bond motifs is 16. The summed E-state index contributed by atoms with van der Waals surface area (Å²) >= 11 is 2.10. The number of hydrogen-bond donors (Lipinski definition) is 0. The summed E-state index contributed by atoms with van der Waals surface area (Å²) in [6, 6.07) is 67.6. The van der Waals surface area contributed by atoms with Crippen molar-refractivity contribution in [3.05, 3.63) is 220 Å². The zero-order valence-corrected chi connectivity index (χ0v) is 46.0. The molecule has 0 amide bonds. The first kappa shape index (κ1) is 50.5. The summed E-state index contributed by atoms with van der Waals surface area (Å²) in [6.07, 6.45) is 0. The Morgan fingerprint density at radius 1 is 0.395 bits per heavy atom. The average Bonchev–Trinajstić information content (AvgIpc) is 3.67. The van der Waals surface area contributed by atoms with Crippen LogP contribution in [-0.2, 0) is 18.8 Å². The van der Waals surface area contributed by atoms with Gasteiger partial charge in [-0.05, 0) is 191 Å². The third kappa shape index (κ3) is 8.82. The van der Waals surface area contributed by atoms with Crippen LogP contribution in [0.2, 0.25) is 0 Å². The molecule has 6 nitrogen and oxygen atoms in total. The molecule has 1 fully saturated rings. The van der Waals surface area contributed by atoms with Gasteiger partial charge >= 0.3 is 19.1 Å². The summed E-state index contributed by atoms with van der Waals surface area (Å²) in [7, 11) is 2.41. The van der Waals surface area contributed by atoms with E-state index in [-0.39, 0.29) is 23.1 Å². The van der Waals surface area contributed by atoms with Gasteiger partial charge in [0.1, 0.15) is 0 Å². The van der Waals surface area contributed by atoms with Gasteiger partial charge in [0.25, 0.3) is 0 Å². The first-order valence-electron chi connectivity index (χ1n) is 25.6. The fourth-order valence-corrected chi connectivity index (χ4v) is 11.6. The number of carbonyl (C=O) groups is 2. The highest BCUT2D eigenvalue weighted by Crippen LogP contribution is 2.45. The smallest absolute Gasteiger partial charge is 0.465 e. The zero-order chi connectivity index (χ0) is 53.0. The van der Waals surface area contributed by atoms with E-state index in [1.165, 1.54) is 106 Å². The second-order valence-corrected chi connectivity index (χ2v) is 21.8. The largest absolute Gasteiger partial charge is 0.495 e. The van der Waals surface area contributed by atoms with Crippen LogP contribution < -0.4 is 5.46 Å². The van der Waals surface area contributed by atoms with E-state index in [4.69, 9.17) is 14.0 Å². The Balaban J connectivity index is 0.000000136. The molecule has 374 valence electrons. The summed E-state index contributed by atoms with van der Waals surface area (Å²) in [5.41, 5.74) is 5.99. The molecule has 0 unspecified atom stereocenters. The van der Waals surface area contributed by atoms with Gasteiger partial charge < -0.3 is 18.8 Å². The average molecular weight is 1110 g/mol. The topological polar surface area (TPSA) is 71.1 Å². The van der Waals surface area contributed by atoms with Crippen molar-refractivity contribution in [1.29, 1.82) is 0 Å². The summed E-state index contributed by atoms with van der Waals surface area (Å²) in [6.45, 7) is 12.8. The maximum atomic E-state index is 12.6. The monoisotopic (exact) mass is 1110 g/mol. The Morgan fingerprint density at radius 2 is 0.776 bits per heavy atom. The lowest BCUT2D eigenvalue weighted by Crippen LogP contribution is -2.41. The number of hydrogen-bond acceptors (Lipinski definition) is 6. The molecule has 0 N–H and O–H groups in total. The van der Waals surface area contributed by atoms with Crippen LogP contribution in [0.4, 0.5) is 0 Å². The minimum Gasteiger partial charge on any atom is -0.465 e. The number of aryl methyl sites for hydroxylation is 2. The molecule has 0 aromatic heterocycles. The fourth-order valence-electron chi connectivity index (χ4n) is 11.0. The third-order valence-corrected chi connectivity index (χ3v) is 16.4. The van der Waals surface area contributed by atoms with Gasteiger partial charge in [0.05, 0.1) is 36.5 Å². The Labute approximate surface area is 456 Å². The van der Waals surface area contributed by atoms with E-state index in [1.807, 2.05) is 42.5 Å². The number of halogens is 1. The predicted molar refractivity (Wildman–Crippen MR) is 325 cm³/mol. The summed E-state index contributed by atoms with van der Waals surface area (Å²) in [5, 5.41) is 19.9. The van der Waals surface area contributed by atoms with Crippen molar-refractivity contribution in [2.45, 2.75) is 52.7 Å². The fraction of sp³-hybridized carbons (Fsp3) is 0.147. The van der Waals surface area contributed by atoms with Crippen LogP contribution >= 0.6 is 22.6 Å². The van der Waals surface area contributed by atoms with Gasteiger partial charge in [0.15, 0.2) is 0 Å². The first-order chi connectivity index (χ1) is 36.7. The third-order valence-electron chi connectivity index (χ3n) is 15.4. The number of rotatable bonds is 4. The van der Waals surface area contributed by atoms with Crippen molar-refractivity contribution in [3.8, 4) is 11.1 Å². The molecular formula is C68H56BIO6. The number of carbonyl (C=O) groups excluding carboxylic acids is 2. The molecule has 1 aliphatic heterocycles. The van der Waals surface area contributed by atoms with E-state index in [2.05, 4.69) is 214 Å². The molecule has 1 heterocycles. The number of esters is 2. The lowest BCUT2D eigenvalue weighted by atomic mass is 9.74. The van der Waals surface area contributed by atoms with E-state index < -0.39 is 7.12 Å². The van der Waals surface area contributed by atoms with Crippen LogP contribution in [0.1, 0.15) is 59.5 Å². The lowest BCUT2D eigenvalue weighted by Gasteiger charge is -2.32. The lowest BCUT2D eigenvalue weighted by molar-refractivity contribution is 0.00578. The summed E-state index contributed by atoms with van der Waals surface area (Å²) in [4.78, 5) is 23.6. The van der Waals surface area contributed by atoms with Gasteiger partial charge in [-0.25, -0.2) is 9.59 Å². The molecule has 0 radical (unpaired) electrons. The van der Waals surface area contributed by atoms with Crippen LogP contribution in [0.15, 0.2) is 194 Å². The molecule has 0 bridgehead atoms. The molecule has 12 aromatic carbocycles. The van der Waals surface area contributed by atoms with Crippen molar-refractivity contribution >= 4 is 133 Å². The van der Waals surface area contributed by atoms with E-state index in [1.54, 1.807) is 6.07 Å². The molecule has 0 saturated carbocycles. The molecule has 0 aliphatic carbocycles. The van der Waals surface area contributed by atoms with Gasteiger partial charge in [-0.1, -0.05) is 181 Å². The van der Waals surface area contributed by atoms with Gasteiger partial charge in [0.2, 0.25) is 0 Å². The van der Waals surface area contributed by atoms with E-state index in [0.29, 0.717) is 11.1 Å². The van der Waals surface area contributed by atoms with Crippen LogP contribution in [-0.4, -0.2) is 44.5 Å². The second-order valence-electron chi connectivity index (χ2n) is 20.6. The van der Waals surface area contributed by atoms with Crippen molar-refractivity contribution in [2.75, 3.05) is 14.2 Å². The minimum absolute atomic E-state index is 0.282. The number of ether oxygens (including phenoxy) is 2. The van der Waals surface area contributed by atoms with Crippen molar-refractivity contribution in [1.82, 2.24) is 0 Å². The Kier molecular flexibility index (Phi) is 13.4. The summed E-state index contributed by atoms with van der Waals surface area (Å²) in [5.74, 6) is -0.608. The maximum Gasteiger partial charge on any atom is 0.495 e. The molecule has 76 heavy (non-hydrogen) atoms. The van der Waals surface area contributed by atoms with Gasteiger partial charge in [-0.3, -0.25) is 0 Å². The highest BCUT2D eigenvalue weighted by atomic mass is 127. The Morgan fingerprint density at radius 3 is 1.29 bits per heavy atom. The first-order valence-corrected chi connectivity index (χ1v) is 26.7. The standard InChI is InChI=1S/C31H22O2.C29H27BO2.C8H7IO2/c1-19-15-16-25-27(17-19)20-9-3-4-10-21(20)29-18-28(22-11-5-7-13-24(22)30(25)29)23-12-6-8-14-26(23)31(32)33-2;1-18-14-15-23-24(16-18)19-10-6-7-11-20(19)25-17-26(21-12-8-9-13-22(21)27(23)25)30-31-28(2,3)29(4,5)32-30;1-11-8(10)6-4-2-3-5-7(6)9/h3-18H,1-2H3;6-17H,1-5H3;2-5H,1H3. The second kappa shape index (κ2) is 20.1. The van der Waals surface area contributed by atoms with Crippen molar-refractivity contribution in [3.63, 3.8) is 0 Å². The Hall–Kier alpha value is -7.63. The van der Waals surface area contributed by atoms with Crippen molar-refractivity contribution in [2.24, 2.45) is 0 Å². The van der Waals surface area contributed by atoms with Crippen LogP contribution in [0.5, 0.6) is 0 Å². The van der Waals surface area contributed by atoms with Gasteiger partial charge in [-0.2, -0.15) is 0 Å². The molecule has 12 aromatic rings. The highest BCUT2D eigenvalue weighted by molar-refractivity contribution is 14.1. The van der Waals surface area contributed by atoms with Crippen LogP contribution in [0.25, 0.3) is 97.3 Å². The quantitative estimate of drug-likeness (QED) is 0.0757.